The third kappa shape index (κ3) is 3.93. The Bertz CT molecular complexity index is 782. The minimum Gasteiger partial charge on any atom is -0.492 e. The molecule has 2 N–H and O–H groups in total. The zero-order valence-corrected chi connectivity index (χ0v) is 14.0. The number of fused-ring (bicyclic) bond motifs is 1. The van der Waals surface area contributed by atoms with Crippen molar-refractivity contribution in [1.29, 1.82) is 0 Å². The molecule has 0 bridgehead atoms. The summed E-state index contributed by atoms with van der Waals surface area (Å²) in [6.07, 6.45) is 0. The van der Waals surface area contributed by atoms with Crippen LogP contribution in [0, 0.1) is 5.82 Å². The van der Waals surface area contributed by atoms with Gasteiger partial charge < -0.3 is 24.8 Å². The van der Waals surface area contributed by atoms with Crippen molar-refractivity contribution in [3.05, 3.63) is 42.2 Å². The summed E-state index contributed by atoms with van der Waals surface area (Å²) in [4.78, 5) is 12.4. The zero-order chi connectivity index (χ0) is 17.8. The van der Waals surface area contributed by atoms with E-state index in [1.54, 1.807) is 31.2 Å². The maximum absolute atomic E-state index is 13.4. The molecule has 1 amide bonds. The lowest BCUT2D eigenvalue weighted by atomic mass is 10.2. The summed E-state index contributed by atoms with van der Waals surface area (Å²) < 4.78 is 29.3. The van der Waals surface area contributed by atoms with Crippen LogP contribution in [0.5, 0.6) is 17.2 Å². The standard InChI is InChI=1S/C18H19FN2O4/c1-3-23-16-8-12(19)4-6-14(16)20-11(2)18(22)21-13-5-7-15-17(9-13)25-10-24-15/h4-9,11,20H,3,10H2,1-2H3,(H,21,22)/t11-/m1/s1. The summed E-state index contributed by atoms with van der Waals surface area (Å²) >= 11 is 0. The van der Waals surface area contributed by atoms with E-state index >= 15 is 0 Å². The first-order valence-corrected chi connectivity index (χ1v) is 7.96. The third-order valence-corrected chi connectivity index (χ3v) is 3.65. The molecule has 0 unspecified atom stereocenters. The van der Waals surface area contributed by atoms with Gasteiger partial charge >= 0.3 is 0 Å². The molecule has 2 aromatic rings. The van der Waals surface area contributed by atoms with Gasteiger partial charge in [0, 0.05) is 17.8 Å². The molecule has 7 heteroatoms. The molecule has 0 aliphatic carbocycles. The molecule has 132 valence electrons. The predicted molar refractivity (Wildman–Crippen MR) is 91.8 cm³/mol. The number of carbonyl (C=O) groups excluding carboxylic acids is 1. The van der Waals surface area contributed by atoms with Crippen LogP contribution < -0.4 is 24.8 Å². The Balaban J connectivity index is 1.67. The van der Waals surface area contributed by atoms with Gasteiger partial charge in [-0.2, -0.15) is 0 Å². The number of benzene rings is 2. The normalized spacial score (nSPS) is 13.2. The molecule has 0 aromatic heterocycles. The number of amides is 1. The van der Waals surface area contributed by atoms with Crippen molar-refractivity contribution >= 4 is 17.3 Å². The van der Waals surface area contributed by atoms with Crippen LogP contribution in [0.3, 0.4) is 0 Å². The van der Waals surface area contributed by atoms with Crippen LogP contribution in [0.1, 0.15) is 13.8 Å². The first-order valence-electron chi connectivity index (χ1n) is 7.96. The quantitative estimate of drug-likeness (QED) is 0.839. The second-order valence-corrected chi connectivity index (χ2v) is 5.50. The lowest BCUT2D eigenvalue weighted by molar-refractivity contribution is -0.116. The van der Waals surface area contributed by atoms with Gasteiger partial charge in [-0.25, -0.2) is 4.39 Å². The molecular formula is C18H19FN2O4. The molecule has 3 rings (SSSR count). The first-order chi connectivity index (χ1) is 12.1. The number of hydrogen-bond donors (Lipinski definition) is 2. The highest BCUT2D eigenvalue weighted by Crippen LogP contribution is 2.34. The van der Waals surface area contributed by atoms with Crippen LogP contribution in [-0.2, 0) is 4.79 Å². The molecule has 1 heterocycles. The Kier molecular flexibility index (Phi) is 4.92. The van der Waals surface area contributed by atoms with Crippen LogP contribution in [0.2, 0.25) is 0 Å². The predicted octanol–water partition coefficient (Wildman–Crippen LogP) is 3.39. The fourth-order valence-corrected chi connectivity index (χ4v) is 2.41. The molecule has 0 radical (unpaired) electrons. The molecule has 2 aromatic carbocycles. The van der Waals surface area contributed by atoms with E-state index in [9.17, 15) is 9.18 Å². The van der Waals surface area contributed by atoms with E-state index in [1.165, 1.54) is 12.1 Å². The van der Waals surface area contributed by atoms with E-state index in [1.807, 2.05) is 6.92 Å². The fourth-order valence-electron chi connectivity index (χ4n) is 2.41. The van der Waals surface area contributed by atoms with Crippen LogP contribution in [0.4, 0.5) is 15.8 Å². The first kappa shape index (κ1) is 16.9. The van der Waals surface area contributed by atoms with E-state index in [0.717, 1.165) is 0 Å². The van der Waals surface area contributed by atoms with Crippen molar-refractivity contribution in [2.45, 2.75) is 19.9 Å². The molecule has 0 saturated carbocycles. The van der Waals surface area contributed by atoms with E-state index in [0.29, 0.717) is 35.2 Å². The molecule has 0 spiro atoms. The summed E-state index contributed by atoms with van der Waals surface area (Å²) in [5.74, 6) is 0.967. The summed E-state index contributed by atoms with van der Waals surface area (Å²) in [5, 5.41) is 5.84. The lowest BCUT2D eigenvalue weighted by Crippen LogP contribution is -2.32. The second kappa shape index (κ2) is 7.29. The largest absolute Gasteiger partial charge is 0.492 e. The summed E-state index contributed by atoms with van der Waals surface area (Å²) in [6, 6.07) is 8.77. The molecule has 25 heavy (non-hydrogen) atoms. The van der Waals surface area contributed by atoms with E-state index < -0.39 is 11.9 Å². The highest BCUT2D eigenvalue weighted by Gasteiger charge is 2.18. The van der Waals surface area contributed by atoms with Gasteiger partial charge in [0.25, 0.3) is 0 Å². The van der Waals surface area contributed by atoms with Gasteiger partial charge in [-0.05, 0) is 38.1 Å². The van der Waals surface area contributed by atoms with Crippen LogP contribution >= 0.6 is 0 Å². The van der Waals surface area contributed by atoms with Gasteiger partial charge in [0.2, 0.25) is 12.7 Å². The van der Waals surface area contributed by atoms with Crippen molar-refractivity contribution in [3.8, 4) is 17.2 Å². The van der Waals surface area contributed by atoms with E-state index in [-0.39, 0.29) is 12.7 Å². The third-order valence-electron chi connectivity index (χ3n) is 3.65. The minimum absolute atomic E-state index is 0.176. The summed E-state index contributed by atoms with van der Waals surface area (Å²) in [7, 11) is 0. The maximum atomic E-state index is 13.4. The number of carbonyl (C=O) groups is 1. The zero-order valence-electron chi connectivity index (χ0n) is 14.0. The van der Waals surface area contributed by atoms with Crippen LogP contribution in [-0.4, -0.2) is 25.3 Å². The highest BCUT2D eigenvalue weighted by molar-refractivity contribution is 5.96. The summed E-state index contributed by atoms with van der Waals surface area (Å²) in [6.45, 7) is 4.09. The van der Waals surface area contributed by atoms with E-state index in [2.05, 4.69) is 10.6 Å². The molecule has 0 saturated heterocycles. The fraction of sp³-hybridized carbons (Fsp3) is 0.278. The number of ether oxygens (including phenoxy) is 3. The van der Waals surface area contributed by atoms with Crippen molar-refractivity contribution in [3.63, 3.8) is 0 Å². The number of hydrogen-bond acceptors (Lipinski definition) is 5. The van der Waals surface area contributed by atoms with Crippen LogP contribution in [0.15, 0.2) is 36.4 Å². The van der Waals surface area contributed by atoms with Gasteiger partial charge in [0.1, 0.15) is 17.6 Å². The van der Waals surface area contributed by atoms with Crippen molar-refractivity contribution in [2.75, 3.05) is 24.0 Å². The Morgan fingerprint density at radius 1 is 1.24 bits per heavy atom. The van der Waals surface area contributed by atoms with Crippen molar-refractivity contribution in [1.82, 2.24) is 0 Å². The molecule has 0 fully saturated rings. The second-order valence-electron chi connectivity index (χ2n) is 5.50. The lowest BCUT2D eigenvalue weighted by Gasteiger charge is -2.18. The Labute approximate surface area is 144 Å². The monoisotopic (exact) mass is 346 g/mol. The Morgan fingerprint density at radius 3 is 2.84 bits per heavy atom. The average molecular weight is 346 g/mol. The van der Waals surface area contributed by atoms with Gasteiger partial charge in [-0.15, -0.1) is 0 Å². The Morgan fingerprint density at radius 2 is 2.04 bits per heavy atom. The van der Waals surface area contributed by atoms with Gasteiger partial charge in [0.05, 0.1) is 12.3 Å². The van der Waals surface area contributed by atoms with Gasteiger partial charge in [0.15, 0.2) is 11.5 Å². The highest BCUT2D eigenvalue weighted by atomic mass is 19.1. The number of nitrogens with one attached hydrogen (secondary N) is 2. The van der Waals surface area contributed by atoms with Gasteiger partial charge in [-0.1, -0.05) is 0 Å². The number of anilines is 2. The average Bonchev–Trinajstić information content (AvgIpc) is 3.05. The molecule has 1 atom stereocenters. The molecular weight excluding hydrogens is 327 g/mol. The van der Waals surface area contributed by atoms with Crippen molar-refractivity contribution in [2.24, 2.45) is 0 Å². The molecule has 6 nitrogen and oxygen atoms in total. The number of halogens is 1. The molecule has 1 aliphatic rings. The smallest absolute Gasteiger partial charge is 0.246 e. The minimum atomic E-state index is -0.560. The van der Waals surface area contributed by atoms with Gasteiger partial charge in [-0.3, -0.25) is 4.79 Å². The van der Waals surface area contributed by atoms with Crippen molar-refractivity contribution < 1.29 is 23.4 Å². The maximum Gasteiger partial charge on any atom is 0.246 e. The summed E-state index contributed by atoms with van der Waals surface area (Å²) in [5.41, 5.74) is 1.16. The molecule has 1 aliphatic heterocycles. The number of rotatable bonds is 6. The Hall–Kier alpha value is -2.96. The van der Waals surface area contributed by atoms with E-state index in [4.69, 9.17) is 14.2 Å². The van der Waals surface area contributed by atoms with Crippen LogP contribution in [0.25, 0.3) is 0 Å². The SMILES string of the molecule is CCOc1cc(F)ccc1N[C@H](C)C(=O)Nc1ccc2c(c1)OCO2. The topological polar surface area (TPSA) is 68.8 Å².